The lowest BCUT2D eigenvalue weighted by atomic mass is 9.92. The normalized spacial score (nSPS) is 32.3. The number of rotatable bonds is 2. The van der Waals surface area contributed by atoms with Gasteiger partial charge in [-0.2, -0.15) is 5.10 Å². The Labute approximate surface area is 145 Å². The van der Waals surface area contributed by atoms with E-state index in [-0.39, 0.29) is 0 Å². The van der Waals surface area contributed by atoms with E-state index in [9.17, 15) is 0 Å². The molecule has 2 saturated heterocycles. The fourth-order valence-corrected chi connectivity index (χ4v) is 4.51. The summed E-state index contributed by atoms with van der Waals surface area (Å²) in [6.07, 6.45) is 6.02. The molecule has 0 spiro atoms. The second kappa shape index (κ2) is 6.49. The summed E-state index contributed by atoms with van der Waals surface area (Å²) in [5, 5.41) is 9.90. The van der Waals surface area contributed by atoms with Crippen molar-refractivity contribution in [1.82, 2.24) is 20.0 Å². The quantitative estimate of drug-likeness (QED) is 0.915. The van der Waals surface area contributed by atoms with Crippen LogP contribution in [0, 0.1) is 11.8 Å². The van der Waals surface area contributed by atoms with Gasteiger partial charge in [-0.25, -0.2) is 0 Å². The van der Waals surface area contributed by atoms with Crippen LogP contribution in [-0.2, 0) is 0 Å². The van der Waals surface area contributed by atoms with Crippen molar-refractivity contribution in [3.63, 3.8) is 0 Å². The summed E-state index contributed by atoms with van der Waals surface area (Å²) in [6, 6.07) is 7.84. The second-order valence-corrected chi connectivity index (χ2v) is 8.29. The SMILES string of the molecule is C[C@@H]1CC(n2cc3ccc([C@H]4CC[C@H](C)CN4)cc3n2)CN(C)C1. The molecule has 1 aromatic heterocycles. The van der Waals surface area contributed by atoms with Crippen LogP contribution in [0.2, 0.25) is 0 Å². The van der Waals surface area contributed by atoms with Crippen LogP contribution in [-0.4, -0.2) is 41.4 Å². The lowest BCUT2D eigenvalue weighted by Crippen LogP contribution is -2.38. The van der Waals surface area contributed by atoms with E-state index in [2.05, 4.69) is 60.2 Å². The second-order valence-electron chi connectivity index (χ2n) is 8.29. The first-order valence-electron chi connectivity index (χ1n) is 9.49. The number of piperidine rings is 2. The van der Waals surface area contributed by atoms with Gasteiger partial charge in [0.1, 0.15) is 0 Å². The van der Waals surface area contributed by atoms with Crippen molar-refractivity contribution in [2.45, 2.75) is 45.2 Å². The van der Waals surface area contributed by atoms with Crippen molar-refractivity contribution in [1.29, 1.82) is 0 Å². The van der Waals surface area contributed by atoms with E-state index < -0.39 is 0 Å². The van der Waals surface area contributed by atoms with Crippen molar-refractivity contribution in [3.05, 3.63) is 30.0 Å². The number of likely N-dealkylation sites (N-methyl/N-ethyl adjacent to an activating group) is 1. The Hall–Kier alpha value is -1.39. The highest BCUT2D eigenvalue weighted by molar-refractivity contribution is 5.78. The van der Waals surface area contributed by atoms with Crippen LogP contribution in [0.5, 0.6) is 0 Å². The first-order valence-corrected chi connectivity index (χ1v) is 9.49. The Morgan fingerprint density at radius 1 is 1.12 bits per heavy atom. The van der Waals surface area contributed by atoms with E-state index in [1.54, 1.807) is 0 Å². The maximum absolute atomic E-state index is 4.94. The smallest absolute Gasteiger partial charge is 0.0926 e. The summed E-state index contributed by atoms with van der Waals surface area (Å²) in [5.74, 6) is 1.54. The van der Waals surface area contributed by atoms with Crippen molar-refractivity contribution in [2.75, 3.05) is 26.7 Å². The van der Waals surface area contributed by atoms with Gasteiger partial charge in [-0.3, -0.25) is 4.68 Å². The summed E-state index contributed by atoms with van der Waals surface area (Å²) in [4.78, 5) is 2.43. The largest absolute Gasteiger partial charge is 0.310 e. The third-order valence-electron chi connectivity index (χ3n) is 5.81. The lowest BCUT2D eigenvalue weighted by molar-refractivity contribution is 0.157. The topological polar surface area (TPSA) is 33.1 Å². The first kappa shape index (κ1) is 16.1. The van der Waals surface area contributed by atoms with Crippen LogP contribution >= 0.6 is 0 Å². The van der Waals surface area contributed by atoms with Crippen LogP contribution < -0.4 is 5.32 Å². The van der Waals surface area contributed by atoms with E-state index in [1.165, 1.54) is 36.8 Å². The molecular weight excluding hydrogens is 296 g/mol. The van der Waals surface area contributed by atoms with Crippen LogP contribution in [0.1, 0.15) is 50.8 Å². The molecule has 1 aromatic carbocycles. The van der Waals surface area contributed by atoms with Crippen LogP contribution in [0.3, 0.4) is 0 Å². The standard InChI is InChI=1S/C20H30N4/c1-14-4-7-19(21-10-14)16-5-6-17-12-24(22-20(17)9-16)18-8-15(2)11-23(3)13-18/h5-6,9,12,14-15,18-19,21H,4,7-8,10-11,13H2,1-3H3/t14-,15+,18?,19+/m0/s1. The minimum atomic E-state index is 0.497. The highest BCUT2D eigenvalue weighted by atomic mass is 15.3. The Balaban J connectivity index is 1.57. The zero-order valence-corrected chi connectivity index (χ0v) is 15.2. The van der Waals surface area contributed by atoms with E-state index >= 15 is 0 Å². The van der Waals surface area contributed by atoms with Crippen molar-refractivity contribution >= 4 is 10.9 Å². The fraction of sp³-hybridized carbons (Fsp3) is 0.650. The van der Waals surface area contributed by atoms with E-state index in [0.717, 1.165) is 30.4 Å². The van der Waals surface area contributed by atoms with Crippen molar-refractivity contribution < 1.29 is 0 Å². The molecule has 0 amide bonds. The predicted molar refractivity (Wildman–Crippen MR) is 99.2 cm³/mol. The first-order chi connectivity index (χ1) is 11.6. The highest BCUT2D eigenvalue weighted by Crippen LogP contribution is 2.29. The Kier molecular flexibility index (Phi) is 4.35. The molecule has 4 rings (SSSR count). The molecule has 1 N–H and O–H groups in total. The number of fused-ring (bicyclic) bond motifs is 1. The highest BCUT2D eigenvalue weighted by Gasteiger charge is 2.25. The molecule has 24 heavy (non-hydrogen) atoms. The Bertz CT molecular complexity index is 689. The number of benzene rings is 1. The molecule has 2 aliphatic heterocycles. The third-order valence-corrected chi connectivity index (χ3v) is 5.81. The van der Waals surface area contributed by atoms with Gasteiger partial charge < -0.3 is 10.2 Å². The van der Waals surface area contributed by atoms with E-state index in [4.69, 9.17) is 5.10 Å². The molecule has 2 aliphatic rings. The third kappa shape index (κ3) is 3.22. The van der Waals surface area contributed by atoms with Gasteiger partial charge in [-0.15, -0.1) is 0 Å². The van der Waals surface area contributed by atoms with Gasteiger partial charge in [0.15, 0.2) is 0 Å². The molecule has 1 unspecified atom stereocenters. The summed E-state index contributed by atoms with van der Waals surface area (Å²) in [7, 11) is 2.22. The number of aromatic nitrogens is 2. The molecule has 0 aliphatic carbocycles. The van der Waals surface area contributed by atoms with E-state index in [0.29, 0.717) is 12.1 Å². The fourth-order valence-electron chi connectivity index (χ4n) is 4.51. The van der Waals surface area contributed by atoms with Gasteiger partial charge in [0.2, 0.25) is 0 Å². The summed E-state index contributed by atoms with van der Waals surface area (Å²) >= 11 is 0. The Morgan fingerprint density at radius 2 is 2.00 bits per heavy atom. The van der Waals surface area contributed by atoms with Crippen LogP contribution in [0.15, 0.2) is 24.4 Å². The lowest BCUT2D eigenvalue weighted by Gasteiger charge is -2.34. The molecule has 3 heterocycles. The average molecular weight is 326 g/mol. The van der Waals surface area contributed by atoms with Crippen molar-refractivity contribution in [2.24, 2.45) is 11.8 Å². The van der Waals surface area contributed by atoms with Gasteiger partial charge in [0.25, 0.3) is 0 Å². The molecule has 2 aromatic rings. The van der Waals surface area contributed by atoms with Gasteiger partial charge in [-0.05, 0) is 56.3 Å². The number of nitrogens with zero attached hydrogens (tertiary/aromatic N) is 3. The molecule has 0 bridgehead atoms. The summed E-state index contributed by atoms with van der Waals surface area (Å²) in [6.45, 7) is 8.11. The maximum atomic E-state index is 4.94. The minimum absolute atomic E-state index is 0.497. The predicted octanol–water partition coefficient (Wildman–Crippen LogP) is 3.61. The number of hydrogen-bond donors (Lipinski definition) is 1. The minimum Gasteiger partial charge on any atom is -0.310 e. The molecule has 0 radical (unpaired) electrons. The molecule has 130 valence electrons. The van der Waals surface area contributed by atoms with Gasteiger partial charge in [0.05, 0.1) is 11.6 Å². The van der Waals surface area contributed by atoms with Crippen molar-refractivity contribution in [3.8, 4) is 0 Å². The molecule has 4 nitrogen and oxygen atoms in total. The van der Waals surface area contributed by atoms with Gasteiger partial charge >= 0.3 is 0 Å². The molecule has 2 fully saturated rings. The summed E-state index contributed by atoms with van der Waals surface area (Å²) in [5.41, 5.74) is 2.54. The van der Waals surface area contributed by atoms with Crippen LogP contribution in [0.25, 0.3) is 10.9 Å². The Morgan fingerprint density at radius 3 is 2.75 bits per heavy atom. The van der Waals surface area contributed by atoms with Gasteiger partial charge in [0, 0.05) is 30.7 Å². The van der Waals surface area contributed by atoms with Gasteiger partial charge in [-0.1, -0.05) is 26.0 Å². The molecule has 4 heteroatoms. The maximum Gasteiger partial charge on any atom is 0.0926 e. The zero-order valence-electron chi connectivity index (χ0n) is 15.2. The number of likely N-dealkylation sites (tertiary alicyclic amines) is 1. The monoisotopic (exact) mass is 326 g/mol. The molecule has 0 saturated carbocycles. The molecule has 4 atom stereocenters. The molecular formula is C20H30N4. The van der Waals surface area contributed by atoms with Crippen LogP contribution in [0.4, 0.5) is 0 Å². The number of nitrogens with one attached hydrogen (secondary N) is 1. The average Bonchev–Trinajstić information content (AvgIpc) is 2.98. The summed E-state index contributed by atoms with van der Waals surface area (Å²) < 4.78 is 2.22. The van der Waals surface area contributed by atoms with E-state index in [1.807, 2.05) is 0 Å². The number of hydrogen-bond acceptors (Lipinski definition) is 3. The zero-order chi connectivity index (χ0) is 16.7.